The lowest BCUT2D eigenvalue weighted by Crippen LogP contribution is -2.25. The number of carbonyl (C=O) groups is 1. The van der Waals surface area contributed by atoms with Gasteiger partial charge in [-0.3, -0.25) is 4.79 Å². The van der Waals surface area contributed by atoms with Crippen LogP contribution >= 0.6 is 0 Å². The van der Waals surface area contributed by atoms with E-state index in [4.69, 9.17) is 0 Å². The van der Waals surface area contributed by atoms with Gasteiger partial charge in [0.2, 0.25) is 0 Å². The van der Waals surface area contributed by atoms with E-state index in [0.29, 0.717) is 5.69 Å². The van der Waals surface area contributed by atoms with Crippen LogP contribution in [0.2, 0.25) is 0 Å². The van der Waals surface area contributed by atoms with Gasteiger partial charge in [-0.1, -0.05) is 30.3 Å². The molecule has 2 aromatic rings. The number of imidazole rings is 1. The van der Waals surface area contributed by atoms with Gasteiger partial charge in [0.25, 0.3) is 5.91 Å². The van der Waals surface area contributed by atoms with Crippen molar-refractivity contribution in [2.75, 3.05) is 14.1 Å². The molecule has 18 heavy (non-hydrogen) atoms. The Bertz CT molecular complexity index is 531. The van der Waals surface area contributed by atoms with Crippen molar-refractivity contribution < 1.29 is 4.79 Å². The predicted molar refractivity (Wildman–Crippen MR) is 70.5 cm³/mol. The summed E-state index contributed by atoms with van der Waals surface area (Å²) in [6.07, 6.45) is 3.32. The van der Waals surface area contributed by atoms with Gasteiger partial charge in [-0.25, -0.2) is 4.98 Å². The largest absolute Gasteiger partial charge is 0.343 e. The normalized spacial score (nSPS) is 12.2. The molecule has 0 radical (unpaired) electrons. The highest BCUT2D eigenvalue weighted by atomic mass is 16.2. The summed E-state index contributed by atoms with van der Waals surface area (Å²) in [6, 6.07) is 10.2. The van der Waals surface area contributed by atoms with Gasteiger partial charge >= 0.3 is 0 Å². The second kappa shape index (κ2) is 5.04. The first kappa shape index (κ1) is 12.4. The zero-order valence-corrected chi connectivity index (χ0v) is 10.9. The van der Waals surface area contributed by atoms with Crippen molar-refractivity contribution in [3.63, 3.8) is 0 Å². The lowest BCUT2D eigenvalue weighted by molar-refractivity contribution is 0.0816. The molecular weight excluding hydrogens is 226 g/mol. The van der Waals surface area contributed by atoms with Crippen LogP contribution < -0.4 is 0 Å². The molecule has 0 aliphatic rings. The van der Waals surface area contributed by atoms with Gasteiger partial charge in [0, 0.05) is 14.1 Å². The minimum Gasteiger partial charge on any atom is -0.343 e. The third-order valence-electron chi connectivity index (χ3n) is 2.99. The molecule has 0 N–H and O–H groups in total. The number of carbonyl (C=O) groups excluding carboxylic acids is 1. The molecule has 0 aliphatic heterocycles. The fraction of sp³-hybridized carbons (Fsp3) is 0.286. The monoisotopic (exact) mass is 243 g/mol. The van der Waals surface area contributed by atoms with Gasteiger partial charge < -0.3 is 9.47 Å². The molecule has 0 spiro atoms. The first-order valence-corrected chi connectivity index (χ1v) is 5.89. The van der Waals surface area contributed by atoms with Crippen LogP contribution in [0.4, 0.5) is 0 Å². The standard InChI is InChI=1S/C14H17N3O/c1-11(12-7-5-4-6-8-12)17-10-15-9-13(17)14(18)16(2)3/h4-11H,1-3H3/t11-/m0/s1. The molecule has 1 aromatic heterocycles. The molecule has 0 unspecified atom stereocenters. The predicted octanol–water partition coefficient (Wildman–Crippen LogP) is 2.19. The summed E-state index contributed by atoms with van der Waals surface area (Å²) >= 11 is 0. The summed E-state index contributed by atoms with van der Waals surface area (Å²) in [7, 11) is 3.49. The van der Waals surface area contributed by atoms with Crippen molar-refractivity contribution in [3.8, 4) is 0 Å². The number of aromatic nitrogens is 2. The molecule has 0 aliphatic carbocycles. The van der Waals surface area contributed by atoms with E-state index in [-0.39, 0.29) is 11.9 Å². The highest BCUT2D eigenvalue weighted by Crippen LogP contribution is 2.19. The number of nitrogens with zero attached hydrogens (tertiary/aromatic N) is 3. The Labute approximate surface area is 107 Å². The average Bonchev–Trinajstić information content (AvgIpc) is 2.87. The van der Waals surface area contributed by atoms with E-state index in [0.717, 1.165) is 5.56 Å². The summed E-state index contributed by atoms with van der Waals surface area (Å²) in [5.74, 6) is -0.0321. The summed E-state index contributed by atoms with van der Waals surface area (Å²) in [6.45, 7) is 2.06. The zero-order chi connectivity index (χ0) is 13.1. The first-order valence-electron chi connectivity index (χ1n) is 5.89. The number of amides is 1. The van der Waals surface area contributed by atoms with Crippen molar-refractivity contribution in [1.82, 2.24) is 14.5 Å². The van der Waals surface area contributed by atoms with E-state index in [2.05, 4.69) is 24.0 Å². The molecule has 1 amide bonds. The summed E-state index contributed by atoms with van der Waals surface area (Å²) in [4.78, 5) is 17.7. The molecule has 1 heterocycles. The summed E-state index contributed by atoms with van der Waals surface area (Å²) in [5.41, 5.74) is 1.76. The fourth-order valence-electron chi connectivity index (χ4n) is 1.90. The Morgan fingerprint density at radius 2 is 1.94 bits per heavy atom. The van der Waals surface area contributed by atoms with E-state index in [1.165, 1.54) is 0 Å². The van der Waals surface area contributed by atoms with Crippen LogP contribution in [0.25, 0.3) is 0 Å². The maximum atomic E-state index is 12.0. The Hall–Kier alpha value is -2.10. The van der Waals surface area contributed by atoms with Crippen LogP contribution in [0, 0.1) is 0 Å². The summed E-state index contributed by atoms with van der Waals surface area (Å²) in [5, 5.41) is 0. The molecule has 0 fully saturated rings. The molecule has 1 aromatic carbocycles. The molecule has 0 saturated carbocycles. The van der Waals surface area contributed by atoms with Crippen molar-refractivity contribution in [1.29, 1.82) is 0 Å². The zero-order valence-electron chi connectivity index (χ0n) is 10.9. The average molecular weight is 243 g/mol. The highest BCUT2D eigenvalue weighted by molar-refractivity contribution is 5.92. The van der Waals surface area contributed by atoms with E-state index in [1.807, 2.05) is 22.8 Å². The number of hydrogen-bond acceptors (Lipinski definition) is 2. The molecule has 2 rings (SSSR count). The van der Waals surface area contributed by atoms with Gasteiger partial charge in [-0.15, -0.1) is 0 Å². The van der Waals surface area contributed by atoms with Gasteiger partial charge in [0.05, 0.1) is 18.6 Å². The van der Waals surface area contributed by atoms with Gasteiger partial charge in [0.1, 0.15) is 5.69 Å². The van der Waals surface area contributed by atoms with E-state index >= 15 is 0 Å². The van der Waals surface area contributed by atoms with Crippen molar-refractivity contribution in [3.05, 3.63) is 54.1 Å². The van der Waals surface area contributed by atoms with Gasteiger partial charge in [-0.05, 0) is 12.5 Å². The molecule has 0 bridgehead atoms. The fourth-order valence-corrected chi connectivity index (χ4v) is 1.90. The minimum atomic E-state index is -0.0321. The Morgan fingerprint density at radius 1 is 1.28 bits per heavy atom. The smallest absolute Gasteiger partial charge is 0.271 e. The van der Waals surface area contributed by atoms with Crippen molar-refractivity contribution in [2.24, 2.45) is 0 Å². The third-order valence-corrected chi connectivity index (χ3v) is 2.99. The second-order valence-corrected chi connectivity index (χ2v) is 4.47. The van der Waals surface area contributed by atoms with Crippen LogP contribution in [0.1, 0.15) is 29.0 Å². The van der Waals surface area contributed by atoms with E-state index in [1.54, 1.807) is 31.5 Å². The molecule has 0 saturated heterocycles. The maximum Gasteiger partial charge on any atom is 0.271 e. The van der Waals surface area contributed by atoms with Crippen LogP contribution in [-0.4, -0.2) is 34.5 Å². The quantitative estimate of drug-likeness (QED) is 0.828. The molecule has 4 heteroatoms. The van der Waals surface area contributed by atoms with Crippen LogP contribution in [-0.2, 0) is 0 Å². The van der Waals surface area contributed by atoms with E-state index in [9.17, 15) is 4.79 Å². The Balaban J connectivity index is 2.35. The lowest BCUT2D eigenvalue weighted by atomic mass is 10.1. The van der Waals surface area contributed by atoms with Crippen LogP contribution in [0.15, 0.2) is 42.9 Å². The minimum absolute atomic E-state index is 0.0321. The Morgan fingerprint density at radius 3 is 2.56 bits per heavy atom. The van der Waals surface area contributed by atoms with Crippen LogP contribution in [0.5, 0.6) is 0 Å². The Kier molecular flexibility index (Phi) is 3.46. The molecule has 4 nitrogen and oxygen atoms in total. The van der Waals surface area contributed by atoms with Crippen molar-refractivity contribution >= 4 is 5.91 Å². The number of hydrogen-bond donors (Lipinski definition) is 0. The van der Waals surface area contributed by atoms with E-state index < -0.39 is 0 Å². The van der Waals surface area contributed by atoms with Crippen LogP contribution in [0.3, 0.4) is 0 Å². The first-order chi connectivity index (χ1) is 8.61. The molecule has 1 atom stereocenters. The SMILES string of the molecule is C[C@@H](c1ccccc1)n1cncc1C(=O)N(C)C. The van der Waals surface area contributed by atoms with Gasteiger partial charge in [0.15, 0.2) is 0 Å². The molecule has 94 valence electrons. The van der Waals surface area contributed by atoms with Crippen molar-refractivity contribution in [2.45, 2.75) is 13.0 Å². The number of benzene rings is 1. The highest BCUT2D eigenvalue weighted by Gasteiger charge is 2.17. The molecular formula is C14H17N3O. The maximum absolute atomic E-state index is 12.0. The third kappa shape index (κ3) is 2.27. The lowest BCUT2D eigenvalue weighted by Gasteiger charge is -2.18. The topological polar surface area (TPSA) is 38.1 Å². The van der Waals surface area contributed by atoms with Gasteiger partial charge in [-0.2, -0.15) is 0 Å². The second-order valence-electron chi connectivity index (χ2n) is 4.47. The summed E-state index contributed by atoms with van der Waals surface area (Å²) < 4.78 is 1.90. The number of rotatable bonds is 3.